The van der Waals surface area contributed by atoms with E-state index in [1.807, 2.05) is 58.8 Å². The van der Waals surface area contributed by atoms with E-state index in [-0.39, 0.29) is 23.4 Å². The Balaban J connectivity index is 0.00000125. The van der Waals surface area contributed by atoms with Crippen LogP contribution in [0, 0.1) is 11.8 Å². The highest BCUT2D eigenvalue weighted by Gasteiger charge is 2.46. The second-order valence-corrected chi connectivity index (χ2v) is 11.8. The monoisotopic (exact) mass is 650 g/mol. The fraction of sp³-hybridized carbons (Fsp3) is 0.425. The van der Waals surface area contributed by atoms with Crippen molar-refractivity contribution in [3.8, 4) is 0 Å². The smallest absolute Gasteiger partial charge is 0.179 e. The number of rotatable bonds is 7. The van der Waals surface area contributed by atoms with Crippen molar-refractivity contribution in [2.45, 2.75) is 87.7 Å². The van der Waals surface area contributed by atoms with Crippen LogP contribution in [-0.2, 0) is 14.3 Å². The molecule has 48 heavy (non-hydrogen) atoms. The molecule has 1 saturated heterocycles. The van der Waals surface area contributed by atoms with Gasteiger partial charge in [-0.2, -0.15) is 0 Å². The van der Waals surface area contributed by atoms with Crippen LogP contribution in [0.25, 0.3) is 0 Å². The van der Waals surface area contributed by atoms with Crippen LogP contribution >= 0.6 is 0 Å². The minimum Gasteiger partial charge on any atom is -0.508 e. The Morgan fingerprint density at radius 3 is 2.27 bits per heavy atom. The number of hydrogen-bond donors (Lipinski definition) is 2. The molecule has 2 unspecified atom stereocenters. The maximum atomic E-state index is 11.5. The Hall–Kier alpha value is -4.52. The predicted octanol–water partition coefficient (Wildman–Crippen LogP) is 8.66. The highest BCUT2D eigenvalue weighted by atomic mass is 16.5. The van der Waals surface area contributed by atoms with Gasteiger partial charge < -0.3 is 19.9 Å². The first kappa shape index (κ1) is 36.3. The van der Waals surface area contributed by atoms with Crippen LogP contribution in [0.3, 0.4) is 0 Å². The van der Waals surface area contributed by atoms with E-state index in [9.17, 15) is 9.90 Å². The molecule has 2 N–H and O–H groups in total. The number of nitrogens with one attached hydrogen (secondary N) is 1. The van der Waals surface area contributed by atoms with Crippen LogP contribution in [0.4, 0.5) is 0 Å². The van der Waals surface area contributed by atoms with Gasteiger partial charge in [0.15, 0.2) is 11.7 Å². The van der Waals surface area contributed by atoms with Crippen LogP contribution in [0.15, 0.2) is 125 Å². The molecule has 8 bridgehead atoms. The van der Waals surface area contributed by atoms with Gasteiger partial charge in [0.2, 0.25) is 0 Å². The molecule has 254 valence electrons. The van der Waals surface area contributed by atoms with E-state index in [0.717, 1.165) is 79.8 Å². The standard InChI is InChI=1S/C36H38N4O4.2C2H6/c1-9-22-17(3)25-13-27-19(5)24(12-11-21(16-41)43-7)33(39-27)32-34-31(35(42)36(32)44-8)20(6)28(40-34)15-30-23(10-2)18(4)26(38-30)14-29(22)37-25;2*1-2/h9,13-15,19,24,36,39,42H,1,10-12H2,2-8H3;2*1-2H3/t19-,24?,36?;;/m0../s1. The lowest BCUT2D eigenvalue weighted by atomic mass is 9.85. The van der Waals surface area contributed by atoms with Crippen LogP contribution in [0.5, 0.6) is 0 Å². The highest BCUT2D eigenvalue weighted by Crippen LogP contribution is 2.47. The third-order valence-corrected chi connectivity index (χ3v) is 9.65. The Morgan fingerprint density at radius 1 is 1.00 bits per heavy atom. The maximum absolute atomic E-state index is 11.5. The lowest BCUT2D eigenvalue weighted by Gasteiger charge is -2.20. The summed E-state index contributed by atoms with van der Waals surface area (Å²) in [4.78, 5) is 26.7. The summed E-state index contributed by atoms with van der Waals surface area (Å²) in [6.45, 7) is 22.5. The van der Waals surface area contributed by atoms with E-state index in [1.165, 1.54) is 7.11 Å². The number of carbonyl (C=O) groups excluding carboxylic acids is 1. The summed E-state index contributed by atoms with van der Waals surface area (Å²) in [5.74, 6) is 2.34. The molecule has 0 aromatic carbocycles. The molecule has 8 heteroatoms. The summed E-state index contributed by atoms with van der Waals surface area (Å²) in [5.41, 5.74) is 13.5. The predicted molar refractivity (Wildman–Crippen MR) is 197 cm³/mol. The zero-order valence-corrected chi connectivity index (χ0v) is 30.4. The zero-order valence-electron chi connectivity index (χ0n) is 30.4. The third-order valence-electron chi connectivity index (χ3n) is 9.65. The molecule has 0 amide bonds. The van der Waals surface area contributed by atoms with E-state index >= 15 is 0 Å². The first-order valence-electron chi connectivity index (χ1n) is 17.1. The van der Waals surface area contributed by atoms with Crippen molar-refractivity contribution >= 4 is 23.1 Å². The number of hydrogen-bond acceptors (Lipinski definition) is 8. The van der Waals surface area contributed by atoms with Gasteiger partial charge in [0.05, 0.1) is 41.3 Å². The third kappa shape index (κ3) is 5.99. The molecule has 0 aromatic heterocycles. The van der Waals surface area contributed by atoms with Gasteiger partial charge >= 0.3 is 0 Å². The average molecular weight is 651 g/mol. The molecule has 1 fully saturated rings. The Kier molecular flexibility index (Phi) is 11.5. The Morgan fingerprint density at radius 2 is 1.67 bits per heavy atom. The number of fused-ring (bicyclic) bond motifs is 5. The van der Waals surface area contributed by atoms with Crippen LogP contribution in [0.1, 0.15) is 81.6 Å². The molecule has 5 aliphatic heterocycles. The van der Waals surface area contributed by atoms with Crippen LogP contribution in [0.2, 0.25) is 0 Å². The summed E-state index contributed by atoms with van der Waals surface area (Å²) in [7, 11) is 3.09. The van der Waals surface area contributed by atoms with Gasteiger partial charge in [-0.15, -0.1) is 0 Å². The second kappa shape index (κ2) is 15.1. The SMILES string of the molecule is C=CC1=C(C)C2=NC1=CC1=NC(=CC3=C(C)C4=C(O)C(OC)C(=C5NC(=C2)[C@@H](C)C5CCC(=C=O)OC)C4=N3)C(CC)=C1C.CC.CC. The highest BCUT2D eigenvalue weighted by molar-refractivity contribution is 6.22. The maximum Gasteiger partial charge on any atom is 0.179 e. The molecular weight excluding hydrogens is 600 g/mol. The molecular formula is C40H50N4O4. The molecule has 3 atom stereocenters. The molecule has 0 saturated carbocycles. The number of aliphatic hydroxyl groups excluding tert-OH is 1. The second-order valence-electron chi connectivity index (χ2n) is 11.8. The molecule has 6 rings (SSSR count). The van der Waals surface area contributed by atoms with Crippen LogP contribution < -0.4 is 5.32 Å². The summed E-state index contributed by atoms with van der Waals surface area (Å²) in [6, 6.07) is 0. The topological polar surface area (TPSA) is 105 Å². The number of ether oxygens (including phenoxy) is 2. The van der Waals surface area contributed by atoms with Crippen molar-refractivity contribution in [3.63, 3.8) is 0 Å². The lowest BCUT2D eigenvalue weighted by Crippen LogP contribution is -2.23. The first-order valence-corrected chi connectivity index (χ1v) is 17.1. The van der Waals surface area contributed by atoms with E-state index in [0.29, 0.717) is 24.1 Å². The molecule has 5 heterocycles. The lowest BCUT2D eigenvalue weighted by molar-refractivity contribution is 0.125. The van der Waals surface area contributed by atoms with E-state index in [2.05, 4.69) is 45.7 Å². The molecule has 8 nitrogen and oxygen atoms in total. The van der Waals surface area contributed by atoms with Gasteiger partial charge in [0.1, 0.15) is 11.9 Å². The number of aliphatic imine (C=N–C) groups is 3. The average Bonchev–Trinajstić information content (AvgIpc) is 3.84. The van der Waals surface area contributed by atoms with Crippen LogP contribution in [-0.4, -0.2) is 48.5 Å². The van der Waals surface area contributed by atoms with Crippen molar-refractivity contribution in [1.29, 1.82) is 0 Å². The zero-order chi connectivity index (χ0) is 35.4. The molecule has 0 radical (unpaired) electrons. The summed E-state index contributed by atoms with van der Waals surface area (Å²) < 4.78 is 11.2. The fourth-order valence-corrected chi connectivity index (χ4v) is 7.10. The first-order chi connectivity index (χ1) is 23.2. The fourth-order valence-electron chi connectivity index (χ4n) is 7.10. The van der Waals surface area contributed by atoms with E-state index < -0.39 is 6.10 Å². The van der Waals surface area contributed by atoms with Crippen molar-refractivity contribution in [2.24, 2.45) is 26.8 Å². The number of allylic oxidation sites excluding steroid dienone is 12. The van der Waals surface area contributed by atoms with Crippen molar-refractivity contribution < 1.29 is 19.4 Å². The number of aliphatic hydroxyl groups is 1. The quantitative estimate of drug-likeness (QED) is 0.212. The molecule has 0 aromatic rings. The van der Waals surface area contributed by atoms with Gasteiger partial charge in [-0.25, -0.2) is 19.8 Å². The Labute approximate surface area is 285 Å². The minimum absolute atomic E-state index is 0.0349. The molecule has 1 aliphatic carbocycles. The van der Waals surface area contributed by atoms with Gasteiger partial charge in [-0.3, -0.25) is 0 Å². The summed E-state index contributed by atoms with van der Waals surface area (Å²) in [5, 5.41) is 15.3. The van der Waals surface area contributed by atoms with Gasteiger partial charge in [-0.1, -0.05) is 54.2 Å². The number of methoxy groups -OCH3 is 2. The van der Waals surface area contributed by atoms with Gasteiger partial charge in [0, 0.05) is 53.5 Å². The summed E-state index contributed by atoms with van der Waals surface area (Å²) >= 11 is 0. The van der Waals surface area contributed by atoms with E-state index in [4.69, 9.17) is 24.5 Å². The van der Waals surface area contributed by atoms with Gasteiger partial charge in [0.25, 0.3) is 0 Å². The number of nitrogens with zero attached hydrogens (tertiary/aromatic N) is 3. The molecule has 6 aliphatic rings. The Bertz CT molecular complexity index is 1810. The van der Waals surface area contributed by atoms with Crippen molar-refractivity contribution in [3.05, 3.63) is 110 Å². The van der Waals surface area contributed by atoms with E-state index in [1.54, 1.807) is 7.11 Å². The minimum atomic E-state index is -0.677. The van der Waals surface area contributed by atoms with Crippen molar-refractivity contribution in [1.82, 2.24) is 5.32 Å². The largest absolute Gasteiger partial charge is 0.508 e. The molecule has 0 spiro atoms. The van der Waals surface area contributed by atoms with Gasteiger partial charge in [-0.05, 0) is 74.1 Å². The van der Waals surface area contributed by atoms with Crippen molar-refractivity contribution in [2.75, 3.05) is 14.2 Å². The summed E-state index contributed by atoms with van der Waals surface area (Å²) in [6.07, 6.45) is 9.21. The normalized spacial score (nSPS) is 23.7.